The molecule has 1 aromatic rings. The van der Waals surface area contributed by atoms with Gasteiger partial charge in [0.2, 0.25) is 0 Å². The summed E-state index contributed by atoms with van der Waals surface area (Å²) in [5, 5.41) is 3.80. The minimum Gasteiger partial charge on any atom is -0.461 e. The van der Waals surface area contributed by atoms with Crippen molar-refractivity contribution in [2.45, 2.75) is 13.8 Å². The van der Waals surface area contributed by atoms with E-state index in [-0.39, 0.29) is 17.3 Å². The predicted octanol–water partition coefficient (Wildman–Crippen LogP) is 2.83. The number of hydrazone groups is 1. The van der Waals surface area contributed by atoms with Gasteiger partial charge in [-0.15, -0.1) is 0 Å². The normalized spacial score (nSPS) is 11.2. The van der Waals surface area contributed by atoms with Crippen molar-refractivity contribution in [3.8, 4) is 0 Å². The first kappa shape index (κ1) is 13.4. The number of carbonyl (C=O) groups is 1. The summed E-state index contributed by atoms with van der Waals surface area (Å²) >= 11 is 5.52. The van der Waals surface area contributed by atoms with Crippen LogP contribution >= 0.6 is 11.6 Å². The fourth-order valence-corrected chi connectivity index (χ4v) is 1.11. The molecule has 0 amide bonds. The van der Waals surface area contributed by atoms with E-state index in [4.69, 9.17) is 16.3 Å². The maximum Gasteiger partial charge on any atom is 0.354 e. The zero-order valence-corrected chi connectivity index (χ0v) is 10.2. The lowest BCUT2D eigenvalue weighted by atomic mass is 10.3. The van der Waals surface area contributed by atoms with Crippen LogP contribution in [0.3, 0.4) is 0 Å². The summed E-state index contributed by atoms with van der Waals surface area (Å²) < 4.78 is 17.8. The van der Waals surface area contributed by atoms with Gasteiger partial charge in [-0.2, -0.15) is 5.10 Å². The first-order valence-corrected chi connectivity index (χ1v) is 5.35. The minimum atomic E-state index is -0.555. The zero-order chi connectivity index (χ0) is 12.8. The molecule has 0 saturated heterocycles. The number of esters is 1. The predicted molar refractivity (Wildman–Crippen MR) is 64.8 cm³/mol. The highest BCUT2D eigenvalue weighted by Crippen LogP contribution is 2.18. The smallest absolute Gasteiger partial charge is 0.354 e. The first-order valence-electron chi connectivity index (χ1n) is 4.97. The van der Waals surface area contributed by atoms with E-state index >= 15 is 0 Å². The summed E-state index contributed by atoms with van der Waals surface area (Å²) in [5.74, 6) is -1.07. The van der Waals surface area contributed by atoms with Crippen LogP contribution in [0.5, 0.6) is 0 Å². The SMILES string of the molecule is CCOC(=O)/C(C)=N/Nc1ccc(Cl)c(F)c1. The van der Waals surface area contributed by atoms with E-state index in [2.05, 4.69) is 10.5 Å². The van der Waals surface area contributed by atoms with Crippen LogP contribution in [0.1, 0.15) is 13.8 Å². The Bertz CT molecular complexity index is 449. The number of ether oxygens (including phenoxy) is 1. The Morgan fingerprint density at radius 3 is 2.88 bits per heavy atom. The molecule has 0 bridgehead atoms. The molecule has 0 aromatic heterocycles. The van der Waals surface area contributed by atoms with Crippen LogP contribution in [0.4, 0.5) is 10.1 Å². The summed E-state index contributed by atoms with van der Waals surface area (Å²) in [5.41, 5.74) is 3.09. The molecule has 1 aromatic carbocycles. The van der Waals surface area contributed by atoms with Gasteiger partial charge in [0.15, 0.2) is 0 Å². The van der Waals surface area contributed by atoms with Crippen molar-refractivity contribution in [3.05, 3.63) is 29.0 Å². The van der Waals surface area contributed by atoms with Gasteiger partial charge in [0.1, 0.15) is 11.5 Å². The molecular weight excluding hydrogens is 247 g/mol. The van der Waals surface area contributed by atoms with Crippen LogP contribution in [0.15, 0.2) is 23.3 Å². The molecule has 6 heteroatoms. The molecule has 1 N–H and O–H groups in total. The molecule has 0 heterocycles. The molecule has 92 valence electrons. The molecule has 0 aliphatic heterocycles. The highest BCUT2D eigenvalue weighted by atomic mass is 35.5. The van der Waals surface area contributed by atoms with E-state index in [1.807, 2.05) is 0 Å². The fourth-order valence-electron chi connectivity index (χ4n) is 0.995. The lowest BCUT2D eigenvalue weighted by Gasteiger charge is -2.03. The van der Waals surface area contributed by atoms with E-state index in [9.17, 15) is 9.18 Å². The van der Waals surface area contributed by atoms with Gasteiger partial charge in [-0.05, 0) is 26.0 Å². The van der Waals surface area contributed by atoms with E-state index in [0.717, 1.165) is 0 Å². The van der Waals surface area contributed by atoms with Crippen LogP contribution in [0.2, 0.25) is 5.02 Å². The highest BCUT2D eigenvalue weighted by molar-refractivity contribution is 6.35. The van der Waals surface area contributed by atoms with Gasteiger partial charge >= 0.3 is 5.97 Å². The lowest BCUT2D eigenvalue weighted by molar-refractivity contribution is -0.135. The highest BCUT2D eigenvalue weighted by Gasteiger charge is 2.06. The van der Waals surface area contributed by atoms with E-state index < -0.39 is 11.8 Å². The third kappa shape index (κ3) is 4.03. The number of anilines is 1. The second-order valence-corrected chi connectivity index (χ2v) is 3.57. The third-order valence-corrected chi connectivity index (χ3v) is 2.15. The van der Waals surface area contributed by atoms with E-state index in [1.165, 1.54) is 19.1 Å². The lowest BCUT2D eigenvalue weighted by Crippen LogP contribution is -2.15. The first-order chi connectivity index (χ1) is 8.04. The Morgan fingerprint density at radius 2 is 2.29 bits per heavy atom. The molecule has 0 radical (unpaired) electrons. The largest absolute Gasteiger partial charge is 0.461 e. The third-order valence-electron chi connectivity index (χ3n) is 1.84. The average molecular weight is 259 g/mol. The number of halogens is 2. The number of hydrogen-bond donors (Lipinski definition) is 1. The van der Waals surface area contributed by atoms with Gasteiger partial charge in [-0.3, -0.25) is 5.43 Å². The monoisotopic (exact) mass is 258 g/mol. The molecule has 0 spiro atoms. The van der Waals surface area contributed by atoms with Gasteiger partial charge < -0.3 is 4.74 Å². The average Bonchev–Trinajstić information content (AvgIpc) is 2.30. The second-order valence-electron chi connectivity index (χ2n) is 3.16. The van der Waals surface area contributed by atoms with Crippen molar-refractivity contribution in [3.63, 3.8) is 0 Å². The van der Waals surface area contributed by atoms with Gasteiger partial charge in [0.25, 0.3) is 0 Å². The number of benzene rings is 1. The van der Waals surface area contributed by atoms with Gasteiger partial charge in [-0.1, -0.05) is 11.6 Å². The standard InChI is InChI=1S/C11H12ClFN2O2/c1-3-17-11(16)7(2)14-15-8-4-5-9(12)10(13)6-8/h4-6,15H,3H2,1-2H3/b14-7+. The van der Waals surface area contributed by atoms with Crippen LogP contribution in [0.25, 0.3) is 0 Å². The maximum atomic E-state index is 13.1. The van der Waals surface area contributed by atoms with Crippen molar-refractivity contribution in [1.29, 1.82) is 0 Å². The Hall–Kier alpha value is -1.62. The molecule has 0 atom stereocenters. The summed E-state index contributed by atoms with van der Waals surface area (Å²) in [6, 6.07) is 4.13. The van der Waals surface area contributed by atoms with Crippen LogP contribution in [-0.4, -0.2) is 18.3 Å². The maximum absolute atomic E-state index is 13.1. The number of carbonyl (C=O) groups excluding carboxylic acids is 1. The van der Waals surface area contributed by atoms with Crippen molar-refractivity contribution in [2.24, 2.45) is 5.10 Å². The number of nitrogens with zero attached hydrogens (tertiary/aromatic N) is 1. The number of nitrogens with one attached hydrogen (secondary N) is 1. The molecule has 0 aliphatic rings. The Kier molecular flexibility index (Phi) is 4.90. The van der Waals surface area contributed by atoms with Crippen LogP contribution in [-0.2, 0) is 9.53 Å². The summed E-state index contributed by atoms with van der Waals surface area (Å²) in [7, 11) is 0. The molecule has 0 unspecified atom stereocenters. The topological polar surface area (TPSA) is 50.7 Å². The van der Waals surface area contributed by atoms with Crippen molar-refractivity contribution < 1.29 is 13.9 Å². The van der Waals surface area contributed by atoms with Crippen LogP contribution < -0.4 is 5.43 Å². The molecule has 0 aliphatic carbocycles. The van der Waals surface area contributed by atoms with Crippen molar-refractivity contribution >= 4 is 29.0 Å². The molecular formula is C11H12ClFN2O2. The molecule has 4 nitrogen and oxygen atoms in total. The number of rotatable bonds is 4. The molecule has 0 saturated carbocycles. The Morgan fingerprint density at radius 1 is 1.59 bits per heavy atom. The second kappa shape index (κ2) is 6.20. The molecule has 0 fully saturated rings. The fraction of sp³-hybridized carbons (Fsp3) is 0.273. The van der Waals surface area contributed by atoms with E-state index in [1.54, 1.807) is 13.0 Å². The molecule has 17 heavy (non-hydrogen) atoms. The van der Waals surface area contributed by atoms with Crippen molar-refractivity contribution in [2.75, 3.05) is 12.0 Å². The minimum absolute atomic E-state index is 0.0293. The summed E-state index contributed by atoms with van der Waals surface area (Å²) in [6.07, 6.45) is 0. The summed E-state index contributed by atoms with van der Waals surface area (Å²) in [6.45, 7) is 3.48. The molecule has 1 rings (SSSR count). The number of hydrogen-bond acceptors (Lipinski definition) is 4. The Balaban J connectivity index is 2.69. The van der Waals surface area contributed by atoms with Gasteiger partial charge in [0.05, 0.1) is 17.3 Å². The van der Waals surface area contributed by atoms with Crippen LogP contribution in [0, 0.1) is 5.82 Å². The van der Waals surface area contributed by atoms with E-state index in [0.29, 0.717) is 5.69 Å². The Labute approximate surface area is 103 Å². The van der Waals surface area contributed by atoms with Crippen molar-refractivity contribution in [1.82, 2.24) is 0 Å². The van der Waals surface area contributed by atoms with Gasteiger partial charge in [-0.25, -0.2) is 9.18 Å². The van der Waals surface area contributed by atoms with Gasteiger partial charge in [0, 0.05) is 6.07 Å². The zero-order valence-electron chi connectivity index (χ0n) is 9.46. The quantitative estimate of drug-likeness (QED) is 0.513. The summed E-state index contributed by atoms with van der Waals surface area (Å²) in [4.78, 5) is 11.2.